The normalized spacial score (nSPS) is 20.6. The van der Waals surface area contributed by atoms with Crippen molar-refractivity contribution in [3.05, 3.63) is 29.8 Å². The molecular formula is C15H21N3O2. The Bertz CT molecular complexity index is 455. The number of nitrogens with zero attached hydrogens (tertiary/aromatic N) is 2. The van der Waals surface area contributed by atoms with E-state index in [1.54, 1.807) is 24.3 Å². The maximum atomic E-state index is 9.88. The lowest BCUT2D eigenvalue weighted by atomic mass is 10.2. The van der Waals surface area contributed by atoms with Gasteiger partial charge in [0, 0.05) is 19.1 Å². The Hall–Kier alpha value is -1.61. The molecule has 2 unspecified atom stereocenters. The van der Waals surface area contributed by atoms with Crippen LogP contribution in [0.15, 0.2) is 24.3 Å². The topological polar surface area (TPSA) is 68.5 Å². The van der Waals surface area contributed by atoms with E-state index in [-0.39, 0.29) is 6.61 Å². The lowest BCUT2D eigenvalue weighted by Gasteiger charge is -2.17. The van der Waals surface area contributed by atoms with Gasteiger partial charge < -0.3 is 20.1 Å². The smallest absolute Gasteiger partial charge is 0.119 e. The minimum Gasteiger partial charge on any atom is -0.491 e. The van der Waals surface area contributed by atoms with Crippen LogP contribution >= 0.6 is 0 Å². The van der Waals surface area contributed by atoms with Crippen LogP contribution in [0.1, 0.15) is 12.0 Å². The minimum atomic E-state index is -0.531. The largest absolute Gasteiger partial charge is 0.491 e. The van der Waals surface area contributed by atoms with E-state index >= 15 is 0 Å². The minimum absolute atomic E-state index is 0.251. The van der Waals surface area contributed by atoms with Gasteiger partial charge in [0.05, 0.1) is 11.6 Å². The van der Waals surface area contributed by atoms with E-state index in [0.29, 0.717) is 23.9 Å². The molecule has 0 radical (unpaired) electrons. The Labute approximate surface area is 119 Å². The predicted molar refractivity (Wildman–Crippen MR) is 76.6 cm³/mol. The zero-order chi connectivity index (χ0) is 14.4. The number of likely N-dealkylation sites (N-methyl/N-ethyl adjacent to an activating group) is 1. The summed E-state index contributed by atoms with van der Waals surface area (Å²) in [4.78, 5) is 2.28. The van der Waals surface area contributed by atoms with Crippen LogP contribution in [0.3, 0.4) is 0 Å². The van der Waals surface area contributed by atoms with Crippen molar-refractivity contribution in [2.45, 2.75) is 18.6 Å². The second kappa shape index (κ2) is 7.25. The lowest BCUT2D eigenvalue weighted by Crippen LogP contribution is -2.39. The van der Waals surface area contributed by atoms with E-state index in [1.165, 1.54) is 0 Å². The molecule has 20 heavy (non-hydrogen) atoms. The zero-order valence-electron chi connectivity index (χ0n) is 11.7. The van der Waals surface area contributed by atoms with Crippen LogP contribution in [-0.2, 0) is 0 Å². The second-order valence-electron chi connectivity index (χ2n) is 5.26. The number of aliphatic hydroxyl groups excluding tert-OH is 1. The third-order valence-electron chi connectivity index (χ3n) is 3.46. The van der Waals surface area contributed by atoms with Crippen molar-refractivity contribution >= 4 is 0 Å². The molecule has 5 nitrogen and oxygen atoms in total. The SMILES string of the molecule is CN1CCC(NCC(O)COc2ccc(C#N)cc2)C1. The van der Waals surface area contributed by atoms with Crippen molar-refractivity contribution in [3.8, 4) is 11.8 Å². The first-order chi connectivity index (χ1) is 9.67. The second-order valence-corrected chi connectivity index (χ2v) is 5.26. The number of rotatable bonds is 6. The monoisotopic (exact) mass is 275 g/mol. The first-order valence-corrected chi connectivity index (χ1v) is 6.90. The molecule has 1 aromatic rings. The molecule has 1 saturated heterocycles. The fourth-order valence-corrected chi connectivity index (χ4v) is 2.28. The Morgan fingerprint density at radius 2 is 2.25 bits per heavy atom. The van der Waals surface area contributed by atoms with Crippen LogP contribution < -0.4 is 10.1 Å². The van der Waals surface area contributed by atoms with E-state index in [9.17, 15) is 5.11 Å². The van der Waals surface area contributed by atoms with Crippen molar-refractivity contribution in [2.24, 2.45) is 0 Å². The summed E-state index contributed by atoms with van der Waals surface area (Å²) >= 11 is 0. The van der Waals surface area contributed by atoms with Crippen molar-refractivity contribution in [2.75, 3.05) is 33.3 Å². The molecule has 0 amide bonds. The quantitative estimate of drug-likeness (QED) is 0.795. The molecule has 1 fully saturated rings. The fraction of sp³-hybridized carbons (Fsp3) is 0.533. The van der Waals surface area contributed by atoms with Gasteiger partial charge in [-0.1, -0.05) is 0 Å². The van der Waals surface area contributed by atoms with Crippen molar-refractivity contribution in [1.82, 2.24) is 10.2 Å². The van der Waals surface area contributed by atoms with Crippen LogP contribution in [0.2, 0.25) is 0 Å². The zero-order valence-corrected chi connectivity index (χ0v) is 11.7. The number of hydrogen-bond donors (Lipinski definition) is 2. The molecule has 5 heteroatoms. The number of aliphatic hydroxyl groups is 1. The molecule has 2 atom stereocenters. The molecule has 1 aliphatic rings. The van der Waals surface area contributed by atoms with Gasteiger partial charge in [-0.25, -0.2) is 0 Å². The number of nitriles is 1. The molecule has 2 rings (SSSR count). The molecule has 0 bridgehead atoms. The van der Waals surface area contributed by atoms with Crippen LogP contribution in [0, 0.1) is 11.3 Å². The highest BCUT2D eigenvalue weighted by molar-refractivity contribution is 5.34. The van der Waals surface area contributed by atoms with Gasteiger partial charge in [0.15, 0.2) is 0 Å². The van der Waals surface area contributed by atoms with E-state index in [1.807, 2.05) is 0 Å². The number of hydrogen-bond acceptors (Lipinski definition) is 5. The van der Waals surface area contributed by atoms with Crippen molar-refractivity contribution in [3.63, 3.8) is 0 Å². The number of nitrogens with one attached hydrogen (secondary N) is 1. The Morgan fingerprint density at radius 1 is 1.50 bits per heavy atom. The maximum absolute atomic E-state index is 9.88. The van der Waals surface area contributed by atoms with E-state index in [0.717, 1.165) is 19.5 Å². The highest BCUT2D eigenvalue weighted by Crippen LogP contribution is 2.12. The van der Waals surface area contributed by atoms with Gasteiger partial charge in [0.1, 0.15) is 18.5 Å². The number of likely N-dealkylation sites (tertiary alicyclic amines) is 1. The van der Waals surface area contributed by atoms with Gasteiger partial charge in [-0.15, -0.1) is 0 Å². The van der Waals surface area contributed by atoms with E-state index in [4.69, 9.17) is 10.00 Å². The Morgan fingerprint density at radius 3 is 2.85 bits per heavy atom. The summed E-state index contributed by atoms with van der Waals surface area (Å²) in [6, 6.07) is 9.40. The van der Waals surface area contributed by atoms with Crippen LogP contribution in [0.25, 0.3) is 0 Å². The van der Waals surface area contributed by atoms with Crippen molar-refractivity contribution < 1.29 is 9.84 Å². The predicted octanol–water partition coefficient (Wildman–Crippen LogP) is 0.592. The average Bonchev–Trinajstić information content (AvgIpc) is 2.89. The molecule has 0 aliphatic carbocycles. The van der Waals surface area contributed by atoms with Gasteiger partial charge in [0.25, 0.3) is 0 Å². The van der Waals surface area contributed by atoms with Gasteiger partial charge >= 0.3 is 0 Å². The summed E-state index contributed by atoms with van der Waals surface area (Å²) in [5.41, 5.74) is 0.602. The van der Waals surface area contributed by atoms with Gasteiger partial charge in [-0.2, -0.15) is 5.26 Å². The van der Waals surface area contributed by atoms with Crippen LogP contribution in [0.5, 0.6) is 5.75 Å². The maximum Gasteiger partial charge on any atom is 0.119 e. The summed E-state index contributed by atoms with van der Waals surface area (Å²) in [6.45, 7) is 2.93. The molecule has 0 aromatic heterocycles. The first-order valence-electron chi connectivity index (χ1n) is 6.90. The van der Waals surface area contributed by atoms with Gasteiger partial charge in [-0.3, -0.25) is 0 Å². The third kappa shape index (κ3) is 4.49. The number of benzene rings is 1. The summed E-state index contributed by atoms with van der Waals surface area (Å²) in [7, 11) is 2.10. The summed E-state index contributed by atoms with van der Waals surface area (Å²) in [6.07, 6.45) is 0.594. The van der Waals surface area contributed by atoms with E-state index < -0.39 is 6.10 Å². The highest BCUT2D eigenvalue weighted by atomic mass is 16.5. The molecule has 0 saturated carbocycles. The average molecular weight is 275 g/mol. The third-order valence-corrected chi connectivity index (χ3v) is 3.46. The summed E-state index contributed by atoms with van der Waals surface area (Å²) < 4.78 is 5.49. The Balaban J connectivity index is 1.66. The van der Waals surface area contributed by atoms with Crippen LogP contribution in [0.4, 0.5) is 0 Å². The molecular weight excluding hydrogens is 254 g/mol. The molecule has 1 aliphatic heterocycles. The fourth-order valence-electron chi connectivity index (χ4n) is 2.28. The summed E-state index contributed by atoms with van der Waals surface area (Å²) in [5.74, 6) is 0.670. The summed E-state index contributed by atoms with van der Waals surface area (Å²) in [5, 5.41) is 21.9. The molecule has 0 spiro atoms. The molecule has 2 N–H and O–H groups in total. The molecule has 1 aromatic carbocycles. The van der Waals surface area contributed by atoms with Crippen molar-refractivity contribution in [1.29, 1.82) is 5.26 Å². The molecule has 108 valence electrons. The standard InChI is InChI=1S/C15H21N3O2/c1-18-7-6-13(10-18)17-9-14(19)11-20-15-4-2-12(8-16)3-5-15/h2-5,13-14,17,19H,6-7,9-11H2,1H3. The van der Waals surface area contributed by atoms with E-state index in [2.05, 4.69) is 23.3 Å². The lowest BCUT2D eigenvalue weighted by molar-refractivity contribution is 0.104. The van der Waals surface area contributed by atoms with Gasteiger partial charge in [0.2, 0.25) is 0 Å². The number of ether oxygens (including phenoxy) is 1. The molecule has 1 heterocycles. The first kappa shape index (κ1) is 14.8. The highest BCUT2D eigenvalue weighted by Gasteiger charge is 2.19. The Kier molecular flexibility index (Phi) is 5.36. The van der Waals surface area contributed by atoms with Gasteiger partial charge in [-0.05, 0) is 44.3 Å². The van der Waals surface area contributed by atoms with Crippen LogP contribution in [-0.4, -0.2) is 55.4 Å².